The summed E-state index contributed by atoms with van der Waals surface area (Å²) in [5.41, 5.74) is 5.36. The Kier molecular flexibility index (Phi) is 5.69. The smallest absolute Gasteiger partial charge is 0.224 e. The van der Waals surface area contributed by atoms with Crippen LogP contribution in [0.1, 0.15) is 53.2 Å². The molecule has 2 amide bonds. The van der Waals surface area contributed by atoms with Gasteiger partial charge in [-0.3, -0.25) is 14.4 Å². The van der Waals surface area contributed by atoms with Gasteiger partial charge in [0.2, 0.25) is 11.8 Å². The third-order valence-electron chi connectivity index (χ3n) is 4.92. The fourth-order valence-electron chi connectivity index (χ4n) is 3.43. The van der Waals surface area contributed by atoms with Crippen LogP contribution in [0, 0.1) is 6.92 Å². The van der Waals surface area contributed by atoms with Gasteiger partial charge in [-0.05, 0) is 61.1 Å². The zero-order valence-electron chi connectivity index (χ0n) is 15.7. The molecule has 5 nitrogen and oxygen atoms in total. The summed E-state index contributed by atoms with van der Waals surface area (Å²) < 4.78 is 0. The van der Waals surface area contributed by atoms with E-state index in [-0.39, 0.29) is 30.4 Å². The number of hydrogen-bond donors (Lipinski definition) is 2. The normalized spacial score (nSPS) is 12.4. The second-order valence-corrected chi connectivity index (χ2v) is 6.97. The first-order valence-electron chi connectivity index (χ1n) is 9.26. The number of Topliss-reactive ketones (excluding diaryl/α,β-unsaturated/α-hetero) is 1. The quantitative estimate of drug-likeness (QED) is 0.760. The summed E-state index contributed by atoms with van der Waals surface area (Å²) in [5, 5.41) is 5.56. The Labute approximate surface area is 159 Å². The lowest BCUT2D eigenvalue weighted by Crippen LogP contribution is -2.15. The van der Waals surface area contributed by atoms with Gasteiger partial charge in [-0.25, -0.2) is 0 Å². The molecule has 2 aromatic carbocycles. The maximum Gasteiger partial charge on any atom is 0.224 e. The zero-order chi connectivity index (χ0) is 19.4. The van der Waals surface area contributed by atoms with Gasteiger partial charge in [0.25, 0.3) is 0 Å². The molecular formula is C22H24N2O3. The van der Waals surface area contributed by atoms with Gasteiger partial charge in [-0.15, -0.1) is 0 Å². The summed E-state index contributed by atoms with van der Waals surface area (Å²) in [6.45, 7) is 3.27. The second kappa shape index (κ2) is 8.16. The Morgan fingerprint density at radius 2 is 1.63 bits per heavy atom. The first-order valence-corrected chi connectivity index (χ1v) is 9.26. The van der Waals surface area contributed by atoms with Gasteiger partial charge < -0.3 is 10.6 Å². The number of aryl methyl sites for hydroxylation is 2. The average molecular weight is 364 g/mol. The van der Waals surface area contributed by atoms with Crippen LogP contribution in [0.4, 0.5) is 11.4 Å². The molecule has 0 heterocycles. The van der Waals surface area contributed by atoms with Gasteiger partial charge in [-0.2, -0.15) is 0 Å². The molecule has 27 heavy (non-hydrogen) atoms. The van der Waals surface area contributed by atoms with Crippen molar-refractivity contribution in [1.29, 1.82) is 0 Å². The molecule has 1 aliphatic carbocycles. The first kappa shape index (κ1) is 18.8. The van der Waals surface area contributed by atoms with Crippen molar-refractivity contribution in [2.24, 2.45) is 0 Å². The number of rotatable bonds is 6. The largest absolute Gasteiger partial charge is 0.326 e. The van der Waals surface area contributed by atoms with E-state index in [9.17, 15) is 14.4 Å². The van der Waals surface area contributed by atoms with E-state index in [4.69, 9.17) is 0 Å². The van der Waals surface area contributed by atoms with Gasteiger partial charge in [0.05, 0.1) is 0 Å². The van der Waals surface area contributed by atoms with Crippen molar-refractivity contribution in [2.75, 3.05) is 10.6 Å². The van der Waals surface area contributed by atoms with Crippen molar-refractivity contribution in [3.63, 3.8) is 0 Å². The molecule has 0 spiro atoms. The molecule has 0 unspecified atom stereocenters. The monoisotopic (exact) mass is 364 g/mol. The fraction of sp³-hybridized carbons (Fsp3) is 0.318. The first-order chi connectivity index (χ1) is 12.9. The molecule has 0 radical (unpaired) electrons. The van der Waals surface area contributed by atoms with Crippen LogP contribution in [-0.2, 0) is 22.4 Å². The molecule has 140 valence electrons. The molecule has 0 atom stereocenters. The third kappa shape index (κ3) is 4.61. The van der Waals surface area contributed by atoms with Crippen LogP contribution >= 0.6 is 0 Å². The van der Waals surface area contributed by atoms with Crippen molar-refractivity contribution in [3.8, 4) is 0 Å². The summed E-state index contributed by atoms with van der Waals surface area (Å²) in [6, 6.07) is 11.2. The molecule has 0 saturated carbocycles. The van der Waals surface area contributed by atoms with E-state index >= 15 is 0 Å². The van der Waals surface area contributed by atoms with Crippen LogP contribution in [0.5, 0.6) is 0 Å². The van der Waals surface area contributed by atoms with Crippen molar-refractivity contribution < 1.29 is 14.4 Å². The number of benzene rings is 2. The summed E-state index contributed by atoms with van der Waals surface area (Å²) in [7, 11) is 0. The molecule has 0 bridgehead atoms. The number of nitrogens with one attached hydrogen (secondary N) is 2. The van der Waals surface area contributed by atoms with E-state index in [1.165, 1.54) is 18.1 Å². The Bertz CT molecular complexity index is 902. The van der Waals surface area contributed by atoms with Gasteiger partial charge >= 0.3 is 0 Å². The highest BCUT2D eigenvalue weighted by Crippen LogP contribution is 2.25. The predicted octanol–water partition coefficient (Wildman–Crippen LogP) is 4.04. The summed E-state index contributed by atoms with van der Waals surface area (Å²) in [5.74, 6) is -0.391. The van der Waals surface area contributed by atoms with Crippen molar-refractivity contribution in [3.05, 3.63) is 58.7 Å². The van der Waals surface area contributed by atoms with Crippen molar-refractivity contribution in [2.45, 2.75) is 46.0 Å². The fourth-order valence-corrected chi connectivity index (χ4v) is 3.43. The topological polar surface area (TPSA) is 75.3 Å². The molecule has 5 heteroatoms. The van der Waals surface area contributed by atoms with Gasteiger partial charge in [0.1, 0.15) is 0 Å². The Morgan fingerprint density at radius 3 is 2.37 bits per heavy atom. The van der Waals surface area contributed by atoms with Gasteiger partial charge in [0.15, 0.2) is 5.78 Å². The Morgan fingerprint density at radius 1 is 0.926 bits per heavy atom. The minimum atomic E-state index is -0.215. The molecule has 2 aromatic rings. The molecule has 3 rings (SSSR count). The Balaban J connectivity index is 1.58. The second-order valence-electron chi connectivity index (χ2n) is 6.97. The van der Waals surface area contributed by atoms with E-state index in [0.717, 1.165) is 24.8 Å². The standard InChI is InChI=1S/C22H24N2O3/c1-14-19(23-15(2)25)7-4-8-20(14)24-22(27)12-11-21(26)18-10-9-16-5-3-6-17(16)13-18/h4,7-10,13H,3,5-6,11-12H2,1-2H3,(H,23,25)(H,24,27). The SMILES string of the molecule is CC(=O)Nc1cccc(NC(=O)CCC(=O)c2ccc3c(c2)CCC3)c1C. The highest BCUT2D eigenvalue weighted by atomic mass is 16.2. The van der Waals surface area contributed by atoms with Crippen LogP contribution in [0.2, 0.25) is 0 Å². The molecule has 1 aliphatic rings. The van der Waals surface area contributed by atoms with Crippen LogP contribution in [0.15, 0.2) is 36.4 Å². The minimum absolute atomic E-state index is 0.0106. The molecule has 0 saturated heterocycles. The zero-order valence-corrected chi connectivity index (χ0v) is 15.7. The van der Waals surface area contributed by atoms with Crippen molar-refractivity contribution >= 4 is 29.0 Å². The Hall–Kier alpha value is -2.95. The van der Waals surface area contributed by atoms with E-state index in [0.29, 0.717) is 16.9 Å². The highest BCUT2D eigenvalue weighted by Gasteiger charge is 2.15. The number of ketones is 1. The van der Waals surface area contributed by atoms with Gasteiger partial charge in [-0.1, -0.05) is 18.2 Å². The summed E-state index contributed by atoms with van der Waals surface area (Å²) in [4.78, 5) is 35.9. The lowest BCUT2D eigenvalue weighted by atomic mass is 10.0. The lowest BCUT2D eigenvalue weighted by molar-refractivity contribution is -0.116. The third-order valence-corrected chi connectivity index (χ3v) is 4.92. The molecular weight excluding hydrogens is 340 g/mol. The molecule has 2 N–H and O–H groups in total. The highest BCUT2D eigenvalue weighted by molar-refractivity contribution is 6.01. The number of anilines is 2. The van der Waals surface area contributed by atoms with E-state index in [2.05, 4.69) is 10.6 Å². The number of hydrogen-bond acceptors (Lipinski definition) is 3. The molecule has 0 aliphatic heterocycles. The van der Waals surface area contributed by atoms with Crippen LogP contribution in [0.3, 0.4) is 0 Å². The number of carbonyl (C=O) groups excluding carboxylic acids is 3. The lowest BCUT2D eigenvalue weighted by Gasteiger charge is -2.12. The maximum atomic E-state index is 12.4. The average Bonchev–Trinajstić information content (AvgIpc) is 3.10. The molecule has 0 fully saturated rings. The van der Waals surface area contributed by atoms with Crippen LogP contribution < -0.4 is 10.6 Å². The minimum Gasteiger partial charge on any atom is -0.326 e. The van der Waals surface area contributed by atoms with E-state index in [1.807, 2.05) is 25.1 Å². The van der Waals surface area contributed by atoms with Gasteiger partial charge in [0, 0.05) is 36.7 Å². The van der Waals surface area contributed by atoms with Crippen molar-refractivity contribution in [1.82, 2.24) is 0 Å². The van der Waals surface area contributed by atoms with Crippen LogP contribution in [0.25, 0.3) is 0 Å². The predicted molar refractivity (Wildman–Crippen MR) is 106 cm³/mol. The molecule has 0 aromatic heterocycles. The number of fused-ring (bicyclic) bond motifs is 1. The number of carbonyl (C=O) groups is 3. The maximum absolute atomic E-state index is 12.4. The van der Waals surface area contributed by atoms with Crippen LogP contribution in [-0.4, -0.2) is 17.6 Å². The summed E-state index contributed by atoms with van der Waals surface area (Å²) in [6.07, 6.45) is 3.56. The van der Waals surface area contributed by atoms with E-state index in [1.54, 1.807) is 18.2 Å². The van der Waals surface area contributed by atoms with E-state index < -0.39 is 0 Å². The number of amides is 2. The summed E-state index contributed by atoms with van der Waals surface area (Å²) >= 11 is 0.